The molecule has 3 nitrogen and oxygen atoms in total. The molecule has 20 heavy (non-hydrogen) atoms. The van der Waals surface area contributed by atoms with Gasteiger partial charge in [-0.15, -0.1) is 0 Å². The second kappa shape index (κ2) is 6.27. The third kappa shape index (κ3) is 3.33. The van der Waals surface area contributed by atoms with Crippen LogP contribution in [-0.4, -0.2) is 47.5 Å². The molecule has 0 aromatic carbocycles. The largest absolute Gasteiger partial charge is 0.359 e. The van der Waals surface area contributed by atoms with Gasteiger partial charge in [0.2, 0.25) is 0 Å². The maximum absolute atomic E-state index is 4.89. The molecule has 3 unspecified atom stereocenters. The smallest absolute Gasteiger partial charge is 0.157 e. The summed E-state index contributed by atoms with van der Waals surface area (Å²) in [7, 11) is 0. The first kappa shape index (κ1) is 14.7. The number of nitrogens with zero attached hydrogens (tertiary/aromatic N) is 2. The van der Waals surface area contributed by atoms with Crippen molar-refractivity contribution in [1.82, 2.24) is 10.2 Å². The number of thioether (sulfide) groups is 1. The number of hydrogen-bond donors (Lipinski definition) is 1. The van der Waals surface area contributed by atoms with Crippen molar-refractivity contribution >= 4 is 16.9 Å². The first-order chi connectivity index (χ1) is 9.69. The van der Waals surface area contributed by atoms with Gasteiger partial charge in [-0.2, -0.15) is 0 Å². The molecule has 0 bridgehead atoms. The topological polar surface area (TPSA) is 27.6 Å². The Balaban J connectivity index is 1.51. The molecular formula is C16H29N3S. The molecule has 1 N–H and O–H groups in total. The van der Waals surface area contributed by atoms with E-state index in [1.54, 1.807) is 0 Å². The summed E-state index contributed by atoms with van der Waals surface area (Å²) in [5, 5.41) is 5.02. The van der Waals surface area contributed by atoms with Crippen LogP contribution in [0.3, 0.4) is 0 Å². The predicted octanol–water partition coefficient (Wildman–Crippen LogP) is 2.97. The summed E-state index contributed by atoms with van der Waals surface area (Å²) in [4.78, 5) is 7.44. The molecule has 1 saturated carbocycles. The zero-order chi connectivity index (χ0) is 14.0. The lowest BCUT2D eigenvalue weighted by Gasteiger charge is -2.36. The van der Waals surface area contributed by atoms with Crippen LogP contribution >= 0.6 is 11.8 Å². The average Bonchev–Trinajstić information content (AvgIpc) is 3.04. The van der Waals surface area contributed by atoms with Gasteiger partial charge >= 0.3 is 0 Å². The van der Waals surface area contributed by atoms with Gasteiger partial charge in [-0.3, -0.25) is 4.99 Å². The third-order valence-electron chi connectivity index (χ3n) is 5.26. The fourth-order valence-electron chi connectivity index (χ4n) is 4.06. The van der Waals surface area contributed by atoms with Gasteiger partial charge in [-0.05, 0) is 44.2 Å². The molecule has 2 aliphatic heterocycles. The van der Waals surface area contributed by atoms with Gasteiger partial charge in [0.05, 0.1) is 0 Å². The van der Waals surface area contributed by atoms with E-state index in [0.29, 0.717) is 5.54 Å². The van der Waals surface area contributed by atoms with Gasteiger partial charge in [0, 0.05) is 24.4 Å². The van der Waals surface area contributed by atoms with Gasteiger partial charge in [0.15, 0.2) is 5.17 Å². The Morgan fingerprint density at radius 2 is 2.35 bits per heavy atom. The third-order valence-corrected chi connectivity index (χ3v) is 6.46. The molecule has 0 aromatic rings. The van der Waals surface area contributed by atoms with Crippen LogP contribution in [0.5, 0.6) is 0 Å². The van der Waals surface area contributed by atoms with Crippen molar-refractivity contribution in [2.45, 2.75) is 51.5 Å². The molecule has 2 saturated heterocycles. The van der Waals surface area contributed by atoms with E-state index in [-0.39, 0.29) is 0 Å². The van der Waals surface area contributed by atoms with Crippen molar-refractivity contribution in [2.24, 2.45) is 16.8 Å². The SMILES string of the molecule is CCN1CCC(CN=C2NC3(CCCC(C)C3)CS2)C1. The second-order valence-electron chi connectivity index (χ2n) is 7.09. The van der Waals surface area contributed by atoms with Crippen LogP contribution in [-0.2, 0) is 0 Å². The molecule has 3 rings (SSSR count). The fraction of sp³-hybridized carbons (Fsp3) is 0.938. The van der Waals surface area contributed by atoms with Crippen LogP contribution in [0.4, 0.5) is 0 Å². The van der Waals surface area contributed by atoms with Crippen molar-refractivity contribution in [3.05, 3.63) is 0 Å². The molecule has 1 spiro atoms. The zero-order valence-corrected chi connectivity index (χ0v) is 13.8. The van der Waals surface area contributed by atoms with Crippen LogP contribution in [0.15, 0.2) is 4.99 Å². The quantitative estimate of drug-likeness (QED) is 0.867. The van der Waals surface area contributed by atoms with Crippen LogP contribution in [0.25, 0.3) is 0 Å². The van der Waals surface area contributed by atoms with Gasteiger partial charge < -0.3 is 10.2 Å². The van der Waals surface area contributed by atoms with E-state index in [4.69, 9.17) is 4.99 Å². The number of hydrogen-bond acceptors (Lipinski definition) is 3. The number of nitrogens with one attached hydrogen (secondary N) is 1. The minimum atomic E-state index is 0.381. The number of rotatable bonds is 3. The molecule has 4 heteroatoms. The van der Waals surface area contributed by atoms with Crippen LogP contribution in [0, 0.1) is 11.8 Å². The summed E-state index contributed by atoms with van der Waals surface area (Å²) in [5.41, 5.74) is 0.381. The van der Waals surface area contributed by atoms with Crippen molar-refractivity contribution in [1.29, 1.82) is 0 Å². The van der Waals surface area contributed by atoms with Gasteiger partial charge in [0.1, 0.15) is 0 Å². The molecule has 3 atom stereocenters. The molecular weight excluding hydrogens is 266 g/mol. The number of likely N-dealkylation sites (tertiary alicyclic amines) is 1. The Kier molecular flexibility index (Phi) is 4.61. The van der Waals surface area contributed by atoms with Crippen LogP contribution in [0.2, 0.25) is 0 Å². The summed E-state index contributed by atoms with van der Waals surface area (Å²) < 4.78 is 0. The van der Waals surface area contributed by atoms with E-state index in [1.165, 1.54) is 62.7 Å². The average molecular weight is 295 g/mol. The second-order valence-corrected chi connectivity index (χ2v) is 8.05. The van der Waals surface area contributed by atoms with Crippen LogP contribution in [0.1, 0.15) is 46.0 Å². The Bertz CT molecular complexity index is 371. The first-order valence-corrected chi connectivity index (χ1v) is 9.35. The molecule has 0 amide bonds. The van der Waals surface area contributed by atoms with E-state index in [1.807, 2.05) is 11.8 Å². The van der Waals surface area contributed by atoms with Gasteiger partial charge in [-0.25, -0.2) is 0 Å². The number of amidine groups is 1. The Hall–Kier alpha value is -0.220. The van der Waals surface area contributed by atoms with Crippen molar-refractivity contribution < 1.29 is 0 Å². The van der Waals surface area contributed by atoms with Gasteiger partial charge in [0.25, 0.3) is 0 Å². The molecule has 1 aliphatic carbocycles. The van der Waals surface area contributed by atoms with E-state index >= 15 is 0 Å². The Morgan fingerprint density at radius 1 is 1.45 bits per heavy atom. The van der Waals surface area contributed by atoms with E-state index in [9.17, 15) is 0 Å². The lowest BCUT2D eigenvalue weighted by atomic mass is 9.78. The van der Waals surface area contributed by atoms with Gasteiger partial charge in [-0.1, -0.05) is 38.5 Å². The number of aliphatic imine (C=N–C) groups is 1. The maximum Gasteiger partial charge on any atom is 0.157 e. The van der Waals surface area contributed by atoms with E-state index in [2.05, 4.69) is 24.1 Å². The molecule has 2 heterocycles. The monoisotopic (exact) mass is 295 g/mol. The molecule has 3 aliphatic rings. The normalized spacial score (nSPS) is 40.6. The summed E-state index contributed by atoms with van der Waals surface area (Å²) in [6.07, 6.45) is 6.81. The highest BCUT2D eigenvalue weighted by Gasteiger charge is 2.40. The van der Waals surface area contributed by atoms with Crippen molar-refractivity contribution in [3.63, 3.8) is 0 Å². The molecule has 3 fully saturated rings. The summed E-state index contributed by atoms with van der Waals surface area (Å²) in [6.45, 7) is 9.41. The molecule has 0 radical (unpaired) electrons. The predicted molar refractivity (Wildman–Crippen MR) is 88.5 cm³/mol. The molecule has 114 valence electrons. The zero-order valence-electron chi connectivity index (χ0n) is 13.0. The Morgan fingerprint density at radius 3 is 3.10 bits per heavy atom. The van der Waals surface area contributed by atoms with Crippen molar-refractivity contribution in [2.75, 3.05) is 31.9 Å². The lowest BCUT2D eigenvalue weighted by molar-refractivity contribution is 0.242. The minimum Gasteiger partial charge on any atom is -0.359 e. The summed E-state index contributed by atoms with van der Waals surface area (Å²) in [5.74, 6) is 2.90. The van der Waals surface area contributed by atoms with E-state index in [0.717, 1.165) is 18.4 Å². The maximum atomic E-state index is 4.89. The highest BCUT2D eigenvalue weighted by Crippen LogP contribution is 2.38. The first-order valence-electron chi connectivity index (χ1n) is 8.37. The standard InChI is InChI=1S/C16H29N3S/c1-3-19-8-6-14(11-19)10-17-15-18-16(12-20-15)7-4-5-13(2)9-16/h13-14H,3-12H2,1-2H3,(H,17,18). The highest BCUT2D eigenvalue weighted by molar-refractivity contribution is 8.14. The van der Waals surface area contributed by atoms with Crippen molar-refractivity contribution in [3.8, 4) is 0 Å². The van der Waals surface area contributed by atoms with Crippen LogP contribution < -0.4 is 5.32 Å². The molecule has 0 aromatic heterocycles. The summed E-state index contributed by atoms with van der Waals surface area (Å²) >= 11 is 1.96. The lowest BCUT2D eigenvalue weighted by Crippen LogP contribution is -2.47. The summed E-state index contributed by atoms with van der Waals surface area (Å²) in [6, 6.07) is 0. The highest BCUT2D eigenvalue weighted by atomic mass is 32.2. The minimum absolute atomic E-state index is 0.381. The fourth-order valence-corrected chi connectivity index (χ4v) is 5.26. The van der Waals surface area contributed by atoms with E-state index < -0.39 is 0 Å². The Labute approximate surface area is 128 Å².